The van der Waals surface area contributed by atoms with Crippen LogP contribution in [0.4, 0.5) is 5.95 Å². The molecule has 2 N–H and O–H groups in total. The fraction of sp³-hybridized carbons (Fsp3) is 0.269. The Balaban J connectivity index is 1.61. The second-order valence-corrected chi connectivity index (χ2v) is 9.57. The minimum absolute atomic E-state index is 0.133. The number of allylic oxidation sites excluding steroid dienone is 1. The van der Waals surface area contributed by atoms with Gasteiger partial charge in [0.2, 0.25) is 16.0 Å². The number of rotatable bonds is 14. The molecule has 3 rings (SSSR count). The van der Waals surface area contributed by atoms with Gasteiger partial charge in [0.25, 0.3) is 0 Å². The molecule has 0 bridgehead atoms. The lowest BCUT2D eigenvalue weighted by Gasteiger charge is -2.10. The molecule has 202 valence electrons. The first-order valence-corrected chi connectivity index (χ1v) is 13.2. The highest BCUT2D eigenvalue weighted by Gasteiger charge is 2.13. The Morgan fingerprint density at radius 1 is 1.21 bits per heavy atom. The summed E-state index contributed by atoms with van der Waals surface area (Å²) in [6, 6.07) is 7.87. The Bertz CT molecular complexity index is 1440. The van der Waals surface area contributed by atoms with Gasteiger partial charge in [-0.25, -0.2) is 28.1 Å². The van der Waals surface area contributed by atoms with Crippen molar-refractivity contribution in [3.8, 4) is 5.75 Å². The van der Waals surface area contributed by atoms with E-state index in [4.69, 9.17) is 13.9 Å². The Kier molecular flexibility index (Phi) is 10.6. The standard InChI is InChI=1S/C26H32N6O5S/c1-5-21(7-6-17-35-3)19-29-26-32(16-18-37-26)20(2)24-12-13-27-25(31-24)28-14-15-30-38(33,34)23-10-8-22(36-4)9-11-23/h5-13,16,18,30H,2,14-15,17,19H2,1,3-4H3,(H,27,28,31)/b7-6-,21-5+,29-26+. The molecule has 0 saturated heterocycles. The van der Waals surface area contributed by atoms with Crippen LogP contribution in [0.2, 0.25) is 0 Å². The number of anilines is 1. The molecule has 0 atom stereocenters. The van der Waals surface area contributed by atoms with Crippen LogP contribution in [0.3, 0.4) is 0 Å². The van der Waals surface area contributed by atoms with Crippen LogP contribution in [-0.2, 0) is 14.8 Å². The second kappa shape index (κ2) is 14.1. The zero-order valence-electron chi connectivity index (χ0n) is 21.6. The third-order valence-electron chi connectivity index (χ3n) is 5.26. The molecule has 38 heavy (non-hydrogen) atoms. The number of hydrogen-bond acceptors (Lipinski definition) is 9. The first-order chi connectivity index (χ1) is 18.4. The van der Waals surface area contributed by atoms with Crippen LogP contribution in [0.1, 0.15) is 12.6 Å². The molecule has 2 aromatic heterocycles. The lowest BCUT2D eigenvalue weighted by molar-refractivity contribution is 0.234. The predicted octanol–water partition coefficient (Wildman–Crippen LogP) is 2.84. The van der Waals surface area contributed by atoms with E-state index in [2.05, 4.69) is 31.6 Å². The monoisotopic (exact) mass is 540 g/mol. The molecule has 0 amide bonds. The smallest absolute Gasteiger partial charge is 0.301 e. The number of sulfonamides is 1. The summed E-state index contributed by atoms with van der Waals surface area (Å²) < 4.78 is 44.8. The highest BCUT2D eigenvalue weighted by Crippen LogP contribution is 2.15. The minimum Gasteiger partial charge on any atom is -0.497 e. The molecule has 0 radical (unpaired) electrons. The maximum absolute atomic E-state index is 12.5. The summed E-state index contributed by atoms with van der Waals surface area (Å²) in [5.41, 5.74) is 2.47. The van der Waals surface area contributed by atoms with Crippen molar-refractivity contribution in [3.63, 3.8) is 0 Å². The summed E-state index contributed by atoms with van der Waals surface area (Å²) in [6.07, 6.45) is 10.7. The largest absolute Gasteiger partial charge is 0.497 e. The van der Waals surface area contributed by atoms with Crippen molar-refractivity contribution in [1.29, 1.82) is 0 Å². The van der Waals surface area contributed by atoms with Gasteiger partial charge in [-0.05, 0) is 42.8 Å². The molecule has 0 saturated carbocycles. The van der Waals surface area contributed by atoms with E-state index in [0.717, 1.165) is 5.57 Å². The summed E-state index contributed by atoms with van der Waals surface area (Å²) in [4.78, 5) is 13.4. The van der Waals surface area contributed by atoms with E-state index in [-0.39, 0.29) is 18.0 Å². The van der Waals surface area contributed by atoms with Crippen molar-refractivity contribution < 1.29 is 22.3 Å². The number of nitrogens with one attached hydrogen (secondary N) is 2. The van der Waals surface area contributed by atoms with Crippen LogP contribution >= 0.6 is 0 Å². The fourth-order valence-corrected chi connectivity index (χ4v) is 4.24. The quantitative estimate of drug-likeness (QED) is 0.236. The first kappa shape index (κ1) is 28.6. The molecular weight excluding hydrogens is 508 g/mol. The molecule has 12 heteroatoms. The van der Waals surface area contributed by atoms with Gasteiger partial charge in [-0.15, -0.1) is 0 Å². The fourth-order valence-electron chi connectivity index (χ4n) is 3.21. The summed E-state index contributed by atoms with van der Waals surface area (Å²) in [7, 11) is -0.495. The van der Waals surface area contributed by atoms with Gasteiger partial charge < -0.3 is 19.2 Å². The van der Waals surface area contributed by atoms with Crippen molar-refractivity contribution in [2.24, 2.45) is 4.99 Å². The van der Waals surface area contributed by atoms with Gasteiger partial charge in [0.15, 0.2) is 0 Å². The Labute approximate surface area is 222 Å². The maximum Gasteiger partial charge on any atom is 0.301 e. The van der Waals surface area contributed by atoms with Crippen molar-refractivity contribution in [1.82, 2.24) is 19.3 Å². The van der Waals surface area contributed by atoms with Crippen LogP contribution in [0.25, 0.3) is 5.70 Å². The van der Waals surface area contributed by atoms with E-state index >= 15 is 0 Å². The summed E-state index contributed by atoms with van der Waals surface area (Å²) in [6.45, 7) is 7.42. The van der Waals surface area contributed by atoms with Crippen LogP contribution < -0.4 is 20.5 Å². The average molecular weight is 541 g/mol. The summed E-state index contributed by atoms with van der Waals surface area (Å²) in [5, 5.41) is 3.02. The molecule has 0 fully saturated rings. The molecule has 0 spiro atoms. The average Bonchev–Trinajstić information content (AvgIpc) is 3.41. The van der Waals surface area contributed by atoms with E-state index in [1.807, 2.05) is 25.2 Å². The van der Waals surface area contributed by atoms with E-state index < -0.39 is 10.0 Å². The highest BCUT2D eigenvalue weighted by molar-refractivity contribution is 7.89. The van der Waals surface area contributed by atoms with Gasteiger partial charge in [0, 0.05) is 32.6 Å². The summed E-state index contributed by atoms with van der Waals surface area (Å²) in [5.74, 6) is 0.908. The third-order valence-corrected chi connectivity index (χ3v) is 6.74. The highest BCUT2D eigenvalue weighted by atomic mass is 32.2. The molecule has 0 aliphatic heterocycles. The van der Waals surface area contributed by atoms with E-state index in [1.165, 1.54) is 25.5 Å². The van der Waals surface area contributed by atoms with Crippen LogP contribution in [0, 0.1) is 0 Å². The minimum atomic E-state index is -3.66. The van der Waals surface area contributed by atoms with Gasteiger partial charge in [-0.3, -0.25) is 4.57 Å². The molecule has 2 heterocycles. The van der Waals surface area contributed by atoms with Gasteiger partial charge in [0.1, 0.15) is 12.0 Å². The zero-order chi connectivity index (χ0) is 27.4. The normalized spacial score (nSPS) is 12.7. The third kappa shape index (κ3) is 8.00. The SMILES string of the molecule is C=C(c1ccnc(NCCNS(=O)(=O)c2ccc(OC)cc2)n1)n1cco/c1=N/CC(/C=C\COC)=C/C. The Morgan fingerprint density at radius 2 is 2.00 bits per heavy atom. The number of hydrogen-bond donors (Lipinski definition) is 2. The lowest BCUT2D eigenvalue weighted by Crippen LogP contribution is -2.29. The van der Waals surface area contributed by atoms with Crippen LogP contribution in [0.15, 0.2) is 93.7 Å². The van der Waals surface area contributed by atoms with Crippen molar-refractivity contribution in [2.75, 3.05) is 45.8 Å². The summed E-state index contributed by atoms with van der Waals surface area (Å²) >= 11 is 0. The molecule has 0 aliphatic carbocycles. The van der Waals surface area contributed by atoms with Gasteiger partial charge in [0.05, 0.1) is 36.5 Å². The molecule has 0 unspecified atom stereocenters. The molecule has 11 nitrogen and oxygen atoms in total. The topological polar surface area (TPSA) is 133 Å². The van der Waals surface area contributed by atoms with Gasteiger partial charge >= 0.3 is 5.68 Å². The van der Waals surface area contributed by atoms with E-state index in [0.29, 0.717) is 41.9 Å². The number of benzene rings is 1. The molecule has 0 aliphatic rings. The number of aromatic nitrogens is 3. The molecule has 1 aromatic carbocycles. The van der Waals surface area contributed by atoms with Crippen LogP contribution in [-0.4, -0.2) is 63.4 Å². The van der Waals surface area contributed by atoms with Crippen molar-refractivity contribution >= 4 is 21.7 Å². The predicted molar refractivity (Wildman–Crippen MR) is 145 cm³/mol. The maximum atomic E-state index is 12.5. The van der Waals surface area contributed by atoms with Gasteiger partial charge in [-0.2, -0.15) is 0 Å². The van der Waals surface area contributed by atoms with E-state index in [9.17, 15) is 8.42 Å². The molecule has 3 aromatic rings. The van der Waals surface area contributed by atoms with E-state index in [1.54, 1.807) is 42.3 Å². The first-order valence-electron chi connectivity index (χ1n) is 11.8. The van der Waals surface area contributed by atoms with Gasteiger partial charge in [-0.1, -0.05) is 24.8 Å². The number of oxazole rings is 1. The lowest BCUT2D eigenvalue weighted by atomic mass is 10.2. The van der Waals surface area contributed by atoms with Crippen LogP contribution in [0.5, 0.6) is 5.75 Å². The molecular formula is C26H32N6O5S. The van der Waals surface area contributed by atoms with Crippen molar-refractivity contribution in [3.05, 3.63) is 90.7 Å². The Hall–Kier alpha value is -4.00. The number of methoxy groups -OCH3 is 2. The number of ether oxygens (including phenoxy) is 2. The number of nitrogens with zero attached hydrogens (tertiary/aromatic N) is 4. The Morgan fingerprint density at radius 3 is 2.71 bits per heavy atom. The second-order valence-electron chi connectivity index (χ2n) is 7.81. The van der Waals surface area contributed by atoms with Crippen molar-refractivity contribution in [2.45, 2.75) is 11.8 Å². The zero-order valence-corrected chi connectivity index (χ0v) is 22.4.